The van der Waals surface area contributed by atoms with Crippen molar-refractivity contribution in [2.45, 2.75) is 6.42 Å². The molecule has 3 amide bonds. The summed E-state index contributed by atoms with van der Waals surface area (Å²) in [7, 11) is 0. The van der Waals surface area contributed by atoms with E-state index in [4.69, 9.17) is 15.6 Å². The number of amides is 3. The Morgan fingerprint density at radius 2 is 1.88 bits per heavy atom. The van der Waals surface area contributed by atoms with Gasteiger partial charge in [-0.2, -0.15) is 0 Å². The van der Waals surface area contributed by atoms with E-state index in [-0.39, 0.29) is 11.5 Å². The highest BCUT2D eigenvalue weighted by Gasteiger charge is 2.18. The van der Waals surface area contributed by atoms with Crippen LogP contribution in [0.1, 0.15) is 21.9 Å². The van der Waals surface area contributed by atoms with E-state index in [2.05, 4.69) is 20.6 Å². The Bertz CT molecular complexity index is 1330. The number of carbonyl (C=O) groups excluding carboxylic acids is 2. The maximum Gasteiger partial charge on any atom is 0.341 e. The summed E-state index contributed by atoms with van der Waals surface area (Å²) in [4.78, 5) is 42.0. The number of benzene rings is 2. The van der Waals surface area contributed by atoms with Gasteiger partial charge in [0.25, 0.3) is 5.91 Å². The second-order valence-corrected chi connectivity index (χ2v) is 7.97. The number of nitrogens with one attached hydrogen (secondary N) is 3. The van der Waals surface area contributed by atoms with Crippen molar-refractivity contribution >= 4 is 50.8 Å². The lowest BCUT2D eigenvalue weighted by Crippen LogP contribution is -2.22. The van der Waals surface area contributed by atoms with Crippen LogP contribution in [0.3, 0.4) is 0 Å². The molecule has 0 bridgehead atoms. The van der Waals surface area contributed by atoms with Gasteiger partial charge < -0.3 is 25.9 Å². The molecule has 168 valence electrons. The van der Waals surface area contributed by atoms with E-state index in [0.29, 0.717) is 23.7 Å². The molecule has 0 atom stereocenters. The largest absolute Gasteiger partial charge is 0.482 e. The molecule has 0 aliphatic heterocycles. The molecular formula is C22H19N5O5S. The van der Waals surface area contributed by atoms with Gasteiger partial charge in [-0.1, -0.05) is 12.1 Å². The quantitative estimate of drug-likeness (QED) is 0.268. The number of carboxylic acid groups (broad SMARTS) is 1. The molecule has 10 nitrogen and oxygen atoms in total. The summed E-state index contributed by atoms with van der Waals surface area (Å²) in [5, 5.41) is 17.0. The van der Waals surface area contributed by atoms with Gasteiger partial charge in [0.05, 0.1) is 0 Å². The van der Waals surface area contributed by atoms with Gasteiger partial charge >= 0.3 is 12.0 Å². The fourth-order valence-electron chi connectivity index (χ4n) is 3.14. The van der Waals surface area contributed by atoms with E-state index in [1.54, 1.807) is 41.7 Å². The van der Waals surface area contributed by atoms with Crippen LogP contribution >= 0.6 is 11.3 Å². The van der Waals surface area contributed by atoms with E-state index < -0.39 is 24.5 Å². The first kappa shape index (κ1) is 21.8. The monoisotopic (exact) mass is 465 g/mol. The van der Waals surface area contributed by atoms with E-state index >= 15 is 0 Å². The average Bonchev–Trinajstić information content (AvgIpc) is 3.39. The van der Waals surface area contributed by atoms with Crippen molar-refractivity contribution in [3.05, 3.63) is 71.0 Å². The van der Waals surface area contributed by atoms with Gasteiger partial charge in [-0.3, -0.25) is 10.1 Å². The second kappa shape index (κ2) is 9.40. The molecule has 2 heterocycles. The van der Waals surface area contributed by atoms with Crippen LogP contribution in [0.2, 0.25) is 0 Å². The molecule has 0 aliphatic carbocycles. The number of rotatable bonds is 8. The van der Waals surface area contributed by atoms with Gasteiger partial charge in [0.2, 0.25) is 0 Å². The number of nitrogens with zero attached hydrogens (tertiary/aromatic N) is 1. The molecule has 0 saturated heterocycles. The summed E-state index contributed by atoms with van der Waals surface area (Å²) >= 11 is 1.61. The average molecular weight is 465 g/mol. The number of H-pyrrole nitrogens is 1. The molecular weight excluding hydrogens is 446 g/mol. The van der Waals surface area contributed by atoms with Gasteiger partial charge in [-0.05, 0) is 52.7 Å². The molecule has 0 fully saturated rings. The zero-order valence-corrected chi connectivity index (χ0v) is 17.9. The summed E-state index contributed by atoms with van der Waals surface area (Å²) in [5.41, 5.74) is 6.76. The fourth-order valence-corrected chi connectivity index (χ4v) is 3.91. The molecule has 0 spiro atoms. The fraction of sp³-hybridized carbons (Fsp3) is 0.0909. The highest BCUT2D eigenvalue weighted by Crippen LogP contribution is 2.24. The number of aliphatic carboxylic acids is 1. The normalized spacial score (nSPS) is 10.7. The molecule has 0 radical (unpaired) electrons. The van der Waals surface area contributed by atoms with Crippen molar-refractivity contribution in [3.8, 4) is 5.75 Å². The Labute approximate surface area is 191 Å². The van der Waals surface area contributed by atoms with Gasteiger partial charge in [-0.25, -0.2) is 14.6 Å². The highest BCUT2D eigenvalue weighted by molar-refractivity contribution is 7.17. The summed E-state index contributed by atoms with van der Waals surface area (Å²) < 4.78 is 6.21. The molecule has 33 heavy (non-hydrogen) atoms. The highest BCUT2D eigenvalue weighted by atomic mass is 32.1. The van der Waals surface area contributed by atoms with Crippen LogP contribution < -0.4 is 21.1 Å². The minimum atomic E-state index is -1.07. The Hall–Kier alpha value is -4.38. The van der Waals surface area contributed by atoms with Crippen molar-refractivity contribution < 1.29 is 24.2 Å². The minimum absolute atomic E-state index is 0.0881. The number of aromatic nitrogens is 2. The predicted molar refractivity (Wildman–Crippen MR) is 124 cm³/mol. The van der Waals surface area contributed by atoms with E-state index in [0.717, 1.165) is 15.6 Å². The smallest absolute Gasteiger partial charge is 0.341 e. The van der Waals surface area contributed by atoms with Gasteiger partial charge in [-0.15, -0.1) is 11.3 Å². The lowest BCUT2D eigenvalue weighted by atomic mass is 10.1. The summed E-state index contributed by atoms with van der Waals surface area (Å²) in [6.07, 6.45) is 0.317. The minimum Gasteiger partial charge on any atom is -0.482 e. The van der Waals surface area contributed by atoms with Crippen molar-refractivity contribution in [1.82, 2.24) is 9.97 Å². The van der Waals surface area contributed by atoms with Gasteiger partial charge in [0, 0.05) is 16.8 Å². The Morgan fingerprint density at radius 1 is 1.09 bits per heavy atom. The number of thiophene rings is 1. The number of hydrogen-bond acceptors (Lipinski definition) is 6. The van der Waals surface area contributed by atoms with Crippen LogP contribution in [0, 0.1) is 0 Å². The predicted octanol–water partition coefficient (Wildman–Crippen LogP) is 3.42. The lowest BCUT2D eigenvalue weighted by Gasteiger charge is -2.07. The molecule has 4 rings (SSSR count). The third-order valence-corrected chi connectivity index (χ3v) is 5.49. The number of fused-ring (bicyclic) bond motifs is 1. The summed E-state index contributed by atoms with van der Waals surface area (Å²) in [6, 6.07) is 13.7. The molecule has 0 aliphatic rings. The number of primary amides is 1. The van der Waals surface area contributed by atoms with Crippen LogP contribution in [-0.4, -0.2) is 39.6 Å². The van der Waals surface area contributed by atoms with Crippen LogP contribution in [0.15, 0.2) is 53.9 Å². The van der Waals surface area contributed by atoms with E-state index in [1.165, 1.54) is 0 Å². The van der Waals surface area contributed by atoms with Crippen LogP contribution in [-0.2, 0) is 11.2 Å². The third-order valence-electron chi connectivity index (χ3n) is 4.59. The molecule has 6 N–H and O–H groups in total. The summed E-state index contributed by atoms with van der Waals surface area (Å²) in [6.45, 7) is -0.433. The van der Waals surface area contributed by atoms with Crippen LogP contribution in [0.4, 0.5) is 16.3 Å². The van der Waals surface area contributed by atoms with Crippen molar-refractivity contribution in [2.75, 3.05) is 17.2 Å². The zero-order chi connectivity index (χ0) is 23.4. The van der Waals surface area contributed by atoms with E-state index in [9.17, 15) is 14.4 Å². The number of nitrogens with two attached hydrogens (primary N) is 1. The number of aromatic amines is 1. The Morgan fingerprint density at radius 3 is 2.61 bits per heavy atom. The topological polar surface area (TPSA) is 159 Å². The van der Waals surface area contributed by atoms with Crippen LogP contribution in [0.25, 0.3) is 10.1 Å². The SMILES string of the molecule is NC(=O)c1nc(Cc2ccc(OCC(=O)O)cc2)[nH]c1NC(=O)Nc1ccc2sccc2c1. The zero-order valence-electron chi connectivity index (χ0n) is 17.1. The number of urea groups is 1. The first-order valence-electron chi connectivity index (χ1n) is 9.75. The molecule has 2 aromatic heterocycles. The number of carbonyl (C=O) groups is 3. The number of imidazole rings is 1. The first-order chi connectivity index (χ1) is 15.9. The number of hydrogen-bond donors (Lipinski definition) is 5. The Balaban J connectivity index is 1.44. The van der Waals surface area contributed by atoms with Gasteiger partial charge in [0.1, 0.15) is 17.4 Å². The van der Waals surface area contributed by atoms with Gasteiger partial charge in [0.15, 0.2) is 12.3 Å². The van der Waals surface area contributed by atoms with Crippen molar-refractivity contribution in [3.63, 3.8) is 0 Å². The van der Waals surface area contributed by atoms with Crippen molar-refractivity contribution in [2.24, 2.45) is 5.73 Å². The van der Waals surface area contributed by atoms with Crippen molar-refractivity contribution in [1.29, 1.82) is 0 Å². The molecule has 0 unspecified atom stereocenters. The van der Waals surface area contributed by atoms with E-state index in [1.807, 2.05) is 23.6 Å². The van der Waals surface area contributed by atoms with Crippen LogP contribution in [0.5, 0.6) is 5.75 Å². The second-order valence-electron chi connectivity index (χ2n) is 7.03. The number of anilines is 2. The summed E-state index contributed by atoms with van der Waals surface area (Å²) in [5.74, 6) is -0.932. The lowest BCUT2D eigenvalue weighted by molar-refractivity contribution is -0.139. The Kier molecular flexibility index (Phi) is 6.22. The molecule has 11 heteroatoms. The molecule has 4 aromatic rings. The maximum atomic E-state index is 12.5. The third kappa shape index (κ3) is 5.46. The molecule has 0 saturated carbocycles. The number of ether oxygens (including phenoxy) is 1. The maximum absolute atomic E-state index is 12.5. The standard InChI is InChI=1S/C22H19N5O5S/c23-20(30)19-21(27-22(31)24-14-3-6-16-13(10-14)7-8-33-16)26-17(25-19)9-12-1-4-15(5-2-12)32-11-18(28)29/h1-8,10H,9,11H2,(H2,23,30)(H,25,26)(H,28,29)(H2,24,27,31). The first-order valence-corrected chi connectivity index (χ1v) is 10.6. The molecule has 2 aromatic carbocycles. The number of carboxylic acids is 1.